The first-order valence-corrected chi connectivity index (χ1v) is 17.6. The van der Waals surface area contributed by atoms with Crippen molar-refractivity contribution < 1.29 is 110 Å². The zero-order valence-corrected chi connectivity index (χ0v) is 31.9. The molecule has 0 amide bonds. The molecule has 0 atom stereocenters. The maximum absolute atomic E-state index is 14.2. The summed E-state index contributed by atoms with van der Waals surface area (Å²) in [6.07, 6.45) is -51.9. The first kappa shape index (κ1) is 51.9. The standard InChI is InChI=1S/C32H12BF24.C6H14N/c34-25(35,36)13-1-14(26(37,38)39)6-21(5-13)33(22-7-15(27(40,41)42)2-16(8-22)28(43,44)45,23-9-17(29(46,47)48)3-18(10-23)30(49,50)51)24-11-19(31(52,53)54)4-20(12-24)32(55,56)57;1-7(2)5-3-4-6-7/h1-12H;3-6H2,1-2H3/q-1;+1. The normalized spacial score (nSPS) is 15.8. The Bertz CT molecular complexity index is 1870. The third-order valence-corrected chi connectivity index (χ3v) is 10.2. The van der Waals surface area contributed by atoms with Gasteiger partial charge in [-0.25, -0.2) is 0 Å². The number of likely N-dealkylation sites (tertiary alicyclic amines) is 1. The largest absolute Gasteiger partial charge is 0.416 e. The molecule has 64 heavy (non-hydrogen) atoms. The van der Waals surface area contributed by atoms with Crippen molar-refractivity contribution in [3.63, 3.8) is 0 Å². The zero-order chi connectivity index (χ0) is 49.2. The smallest absolute Gasteiger partial charge is 0.328 e. The Morgan fingerprint density at radius 1 is 0.281 bits per heavy atom. The van der Waals surface area contributed by atoms with Gasteiger partial charge in [-0.3, -0.25) is 0 Å². The van der Waals surface area contributed by atoms with Gasteiger partial charge in [0.25, 0.3) is 0 Å². The molecule has 0 bridgehead atoms. The molecule has 1 heterocycles. The van der Waals surface area contributed by atoms with Crippen LogP contribution in [0.2, 0.25) is 0 Å². The Morgan fingerprint density at radius 2 is 0.422 bits per heavy atom. The van der Waals surface area contributed by atoms with E-state index in [0.29, 0.717) is 0 Å². The van der Waals surface area contributed by atoms with Crippen LogP contribution in [0.3, 0.4) is 0 Å². The predicted octanol–water partition coefficient (Wildman–Crippen LogP) is 12.1. The Balaban J connectivity index is 0.00000117. The van der Waals surface area contributed by atoms with E-state index in [1.54, 1.807) is 0 Å². The van der Waals surface area contributed by atoms with Crippen LogP contribution in [0.5, 0.6) is 0 Å². The number of rotatable bonds is 4. The maximum atomic E-state index is 14.2. The van der Waals surface area contributed by atoms with E-state index in [2.05, 4.69) is 14.1 Å². The average Bonchev–Trinajstić information content (AvgIpc) is 3.52. The van der Waals surface area contributed by atoms with Crippen molar-refractivity contribution in [2.75, 3.05) is 27.2 Å². The molecular weight excluding hydrogens is 937 g/mol. The minimum Gasteiger partial charge on any atom is -0.328 e. The molecule has 1 fully saturated rings. The van der Waals surface area contributed by atoms with Crippen molar-refractivity contribution in [2.24, 2.45) is 0 Å². The van der Waals surface area contributed by atoms with Crippen LogP contribution in [0.15, 0.2) is 72.8 Å². The van der Waals surface area contributed by atoms with Gasteiger partial charge < -0.3 is 4.48 Å². The van der Waals surface area contributed by atoms with Gasteiger partial charge in [-0.05, 0) is 24.3 Å². The summed E-state index contributed by atoms with van der Waals surface area (Å²) in [6, 6.07) is -8.81. The molecule has 0 N–H and O–H groups in total. The van der Waals surface area contributed by atoms with Crippen molar-refractivity contribution in [3.05, 3.63) is 117 Å². The van der Waals surface area contributed by atoms with Crippen LogP contribution in [0.1, 0.15) is 57.3 Å². The number of nitrogens with zero attached hydrogens (tertiary/aromatic N) is 1. The molecule has 1 aliphatic rings. The molecule has 1 nitrogen and oxygen atoms in total. The SMILES string of the molecule is C[N+]1(C)CCCC1.FC(F)(F)c1cc([B-](c2cc(C(F)(F)F)cc(C(F)(F)F)c2)(c2cc(C(F)(F)F)cc(C(F)(F)F)c2)c2cc(C(F)(F)F)cc(C(F)(F)F)c2)cc(C(F)(F)F)c1. The van der Waals surface area contributed by atoms with Crippen LogP contribution >= 0.6 is 0 Å². The van der Waals surface area contributed by atoms with E-state index >= 15 is 0 Å². The lowest BCUT2D eigenvalue weighted by Crippen LogP contribution is -2.75. The molecule has 4 aromatic rings. The quantitative estimate of drug-likeness (QED) is 0.109. The van der Waals surface area contributed by atoms with E-state index in [-0.39, 0.29) is 0 Å². The summed E-state index contributed by atoms with van der Waals surface area (Å²) in [6.45, 7) is 2.78. The fourth-order valence-electron chi connectivity index (χ4n) is 7.26. The predicted molar refractivity (Wildman–Crippen MR) is 181 cm³/mol. The molecule has 354 valence electrons. The van der Waals surface area contributed by atoms with Crippen LogP contribution in [0.25, 0.3) is 0 Å². The summed E-state index contributed by atoms with van der Waals surface area (Å²) in [5.74, 6) is 0. The molecule has 0 spiro atoms. The lowest BCUT2D eigenvalue weighted by Gasteiger charge is -2.46. The topological polar surface area (TPSA) is 0 Å². The monoisotopic (exact) mass is 963 g/mol. The highest BCUT2D eigenvalue weighted by Crippen LogP contribution is 2.41. The molecule has 0 aliphatic carbocycles. The highest BCUT2D eigenvalue weighted by atomic mass is 19.4. The van der Waals surface area contributed by atoms with Crippen LogP contribution in [-0.2, 0) is 49.4 Å². The van der Waals surface area contributed by atoms with E-state index in [4.69, 9.17) is 0 Å². The fraction of sp³-hybridized carbons (Fsp3) is 0.368. The third kappa shape index (κ3) is 11.7. The highest BCUT2D eigenvalue weighted by molar-refractivity contribution is 7.20. The molecule has 0 unspecified atom stereocenters. The number of quaternary nitrogens is 1. The minimum absolute atomic E-state index is 0.691. The van der Waals surface area contributed by atoms with Crippen LogP contribution in [0.4, 0.5) is 105 Å². The van der Waals surface area contributed by atoms with E-state index < -0.39 is 195 Å². The van der Waals surface area contributed by atoms with Crippen LogP contribution < -0.4 is 21.9 Å². The summed E-state index contributed by atoms with van der Waals surface area (Å²) < 4.78 is 342. The summed E-state index contributed by atoms with van der Waals surface area (Å²) in [7, 11) is 4.60. The van der Waals surface area contributed by atoms with Crippen molar-refractivity contribution in [2.45, 2.75) is 62.3 Å². The van der Waals surface area contributed by atoms with E-state index in [0.717, 1.165) is 0 Å². The van der Waals surface area contributed by atoms with Crippen LogP contribution in [-0.4, -0.2) is 37.8 Å². The third-order valence-electron chi connectivity index (χ3n) is 10.2. The Hall–Kier alpha value is -4.78. The molecular formula is C38H26BF24N. The molecule has 0 saturated carbocycles. The molecule has 5 rings (SSSR count). The second-order valence-electron chi connectivity index (χ2n) is 15.3. The van der Waals surface area contributed by atoms with E-state index in [1.807, 2.05) is 0 Å². The number of alkyl halides is 24. The zero-order valence-electron chi connectivity index (χ0n) is 31.9. The van der Waals surface area contributed by atoms with Crippen molar-refractivity contribution >= 4 is 28.0 Å². The molecule has 1 saturated heterocycles. The summed E-state index contributed by atoms with van der Waals surface area (Å²) in [5, 5.41) is 0. The Morgan fingerprint density at radius 3 is 0.516 bits per heavy atom. The van der Waals surface area contributed by atoms with Gasteiger partial charge in [0.2, 0.25) is 0 Å². The lowest BCUT2D eigenvalue weighted by molar-refractivity contribution is -0.877. The summed E-state index contributed by atoms with van der Waals surface area (Å²) in [5.41, 5.74) is -30.2. The van der Waals surface area contributed by atoms with Gasteiger partial charge >= 0.3 is 49.4 Å². The second kappa shape index (κ2) is 16.6. The van der Waals surface area contributed by atoms with Gasteiger partial charge in [0.05, 0.1) is 71.7 Å². The first-order valence-electron chi connectivity index (χ1n) is 17.6. The number of benzene rings is 4. The van der Waals surface area contributed by atoms with Crippen molar-refractivity contribution in [3.8, 4) is 0 Å². The lowest BCUT2D eigenvalue weighted by atomic mass is 9.12. The summed E-state index contributed by atoms with van der Waals surface area (Å²) >= 11 is 0. The van der Waals surface area contributed by atoms with Gasteiger partial charge in [-0.1, -0.05) is 48.5 Å². The Labute approximate surface area is 344 Å². The molecule has 0 radical (unpaired) electrons. The maximum Gasteiger partial charge on any atom is 0.416 e. The summed E-state index contributed by atoms with van der Waals surface area (Å²) in [4.78, 5) is 0. The molecule has 4 aromatic carbocycles. The van der Waals surface area contributed by atoms with Gasteiger partial charge in [-0.2, -0.15) is 127 Å². The van der Waals surface area contributed by atoms with Crippen molar-refractivity contribution in [1.29, 1.82) is 0 Å². The average molecular weight is 963 g/mol. The first-order chi connectivity index (χ1) is 28.5. The van der Waals surface area contributed by atoms with Crippen LogP contribution in [0, 0.1) is 0 Å². The molecule has 0 aromatic heterocycles. The van der Waals surface area contributed by atoms with E-state index in [9.17, 15) is 105 Å². The van der Waals surface area contributed by atoms with Crippen molar-refractivity contribution in [1.82, 2.24) is 0 Å². The minimum atomic E-state index is -6.13. The fourth-order valence-corrected chi connectivity index (χ4v) is 7.26. The number of hydrogen-bond acceptors (Lipinski definition) is 0. The number of hydrogen-bond donors (Lipinski definition) is 0. The number of halogens is 24. The molecule has 1 aliphatic heterocycles. The van der Waals surface area contributed by atoms with Gasteiger partial charge in [0.15, 0.2) is 0 Å². The van der Waals surface area contributed by atoms with Gasteiger partial charge in [0.1, 0.15) is 6.15 Å². The van der Waals surface area contributed by atoms with Gasteiger partial charge in [0, 0.05) is 12.8 Å². The Kier molecular flexibility index (Phi) is 13.4. The highest BCUT2D eigenvalue weighted by Gasteiger charge is 2.47. The van der Waals surface area contributed by atoms with E-state index in [1.165, 1.54) is 30.4 Å². The second-order valence-corrected chi connectivity index (χ2v) is 15.3. The molecule has 26 heteroatoms. The van der Waals surface area contributed by atoms with Gasteiger partial charge in [-0.15, -0.1) is 0 Å².